The quantitative estimate of drug-likeness (QED) is 0.376. The second-order valence-electron chi connectivity index (χ2n) is 8.94. The van der Waals surface area contributed by atoms with E-state index in [1.165, 1.54) is 30.3 Å². The maximum atomic E-state index is 13.1. The molecule has 0 saturated carbocycles. The van der Waals surface area contributed by atoms with Crippen LogP contribution >= 0.6 is 11.8 Å². The normalized spacial score (nSPS) is 15.4. The molecular formula is C26H32N4O3S. The van der Waals surface area contributed by atoms with Crippen molar-refractivity contribution in [1.82, 2.24) is 9.55 Å². The van der Waals surface area contributed by atoms with Gasteiger partial charge in [0.25, 0.3) is 5.56 Å². The first-order valence-corrected chi connectivity index (χ1v) is 12.7. The van der Waals surface area contributed by atoms with Gasteiger partial charge in [0.15, 0.2) is 5.16 Å². The number of nitrogens with one attached hydrogen (secondary N) is 1. The fourth-order valence-corrected chi connectivity index (χ4v) is 5.18. The van der Waals surface area contributed by atoms with E-state index in [0.717, 1.165) is 24.7 Å². The van der Waals surface area contributed by atoms with Crippen LogP contribution in [0.25, 0.3) is 10.9 Å². The second-order valence-corrected chi connectivity index (χ2v) is 9.89. The number of amides is 1. The van der Waals surface area contributed by atoms with E-state index in [4.69, 9.17) is 4.74 Å². The Labute approximate surface area is 204 Å². The van der Waals surface area contributed by atoms with E-state index in [1.807, 2.05) is 37.3 Å². The summed E-state index contributed by atoms with van der Waals surface area (Å²) in [6, 6.07) is 15.1. The molecule has 0 aliphatic carbocycles. The summed E-state index contributed by atoms with van der Waals surface area (Å²) in [6.07, 6.45) is 2.43. The van der Waals surface area contributed by atoms with Gasteiger partial charge in [0, 0.05) is 31.6 Å². The molecule has 1 aromatic heterocycles. The zero-order valence-corrected chi connectivity index (χ0v) is 20.8. The second kappa shape index (κ2) is 11.1. The minimum atomic E-state index is -0.203. The van der Waals surface area contributed by atoms with Gasteiger partial charge in [0.1, 0.15) is 0 Å². The lowest BCUT2D eigenvalue weighted by atomic mass is 9.99. The van der Waals surface area contributed by atoms with Crippen LogP contribution in [-0.2, 0) is 9.53 Å². The van der Waals surface area contributed by atoms with Gasteiger partial charge >= 0.3 is 0 Å². The summed E-state index contributed by atoms with van der Waals surface area (Å²) >= 11 is 1.26. The maximum absolute atomic E-state index is 13.1. The Morgan fingerprint density at radius 2 is 1.88 bits per heavy atom. The first-order chi connectivity index (χ1) is 16.5. The van der Waals surface area contributed by atoms with Crippen molar-refractivity contribution in [3.8, 4) is 0 Å². The van der Waals surface area contributed by atoms with Crippen molar-refractivity contribution in [2.24, 2.45) is 5.92 Å². The number of anilines is 2. The molecule has 180 valence electrons. The zero-order valence-electron chi connectivity index (χ0n) is 20.0. The first-order valence-electron chi connectivity index (χ1n) is 11.7. The number of carbonyl (C=O) groups is 1. The fraction of sp³-hybridized carbons (Fsp3) is 0.423. The molecule has 1 aliphatic heterocycles. The van der Waals surface area contributed by atoms with Crippen LogP contribution in [0.1, 0.15) is 32.7 Å². The third-order valence-electron chi connectivity index (χ3n) is 6.26. The molecule has 2 aromatic carbocycles. The minimum Gasteiger partial charge on any atom is -0.383 e. The van der Waals surface area contributed by atoms with Gasteiger partial charge in [-0.2, -0.15) is 0 Å². The number of nitrogens with zero attached hydrogens (tertiary/aromatic N) is 3. The molecule has 0 unspecified atom stereocenters. The van der Waals surface area contributed by atoms with Gasteiger partial charge in [-0.05, 0) is 62.1 Å². The number of methoxy groups -OCH3 is 1. The highest BCUT2D eigenvalue weighted by Gasteiger charge is 2.18. The van der Waals surface area contributed by atoms with Crippen molar-refractivity contribution in [2.45, 2.75) is 37.9 Å². The Balaban J connectivity index is 1.44. The maximum Gasteiger partial charge on any atom is 0.262 e. The highest BCUT2D eigenvalue weighted by atomic mass is 32.2. The molecule has 2 heterocycles. The van der Waals surface area contributed by atoms with E-state index in [-0.39, 0.29) is 23.3 Å². The topological polar surface area (TPSA) is 76.5 Å². The molecule has 7 nitrogen and oxygen atoms in total. The van der Waals surface area contributed by atoms with Gasteiger partial charge in [-0.25, -0.2) is 4.98 Å². The van der Waals surface area contributed by atoms with Gasteiger partial charge in [-0.15, -0.1) is 0 Å². The SMILES string of the molecule is COC[C@@H](C)n1c(SCC(=O)Nc2ccc(N3CCC(C)CC3)cc2)nc2ccccc2c1=O. The molecule has 34 heavy (non-hydrogen) atoms. The van der Waals surface area contributed by atoms with Crippen LogP contribution in [0.4, 0.5) is 11.4 Å². The third kappa shape index (κ3) is 5.62. The number of hydrogen-bond donors (Lipinski definition) is 1. The monoisotopic (exact) mass is 480 g/mol. The standard InChI is InChI=1S/C26H32N4O3S/c1-18-12-14-29(15-13-18)21-10-8-20(9-11-21)27-24(31)17-34-26-28-23-7-5-4-6-22(23)25(32)30(26)19(2)16-33-3/h4-11,18-19H,12-17H2,1-3H3,(H,27,31)/t19-/m1/s1. The molecule has 0 spiro atoms. The first kappa shape index (κ1) is 24.3. The molecule has 1 atom stereocenters. The third-order valence-corrected chi connectivity index (χ3v) is 7.21. The summed E-state index contributed by atoms with van der Waals surface area (Å²) in [5.41, 5.74) is 2.45. The summed E-state index contributed by atoms with van der Waals surface area (Å²) < 4.78 is 6.89. The van der Waals surface area contributed by atoms with Crippen LogP contribution < -0.4 is 15.8 Å². The fourth-order valence-electron chi connectivity index (χ4n) is 4.28. The summed E-state index contributed by atoms with van der Waals surface area (Å²) in [7, 11) is 1.60. The largest absolute Gasteiger partial charge is 0.383 e. The molecule has 4 rings (SSSR count). The van der Waals surface area contributed by atoms with Crippen LogP contribution in [0.2, 0.25) is 0 Å². The average molecular weight is 481 g/mol. The average Bonchev–Trinajstić information content (AvgIpc) is 2.84. The van der Waals surface area contributed by atoms with E-state index in [9.17, 15) is 9.59 Å². The van der Waals surface area contributed by atoms with Crippen molar-refractivity contribution >= 4 is 39.9 Å². The Kier molecular flexibility index (Phi) is 7.90. The van der Waals surface area contributed by atoms with E-state index in [2.05, 4.69) is 34.3 Å². The number of para-hydroxylation sites is 1. The van der Waals surface area contributed by atoms with Gasteiger partial charge in [-0.1, -0.05) is 30.8 Å². The Bertz CT molecular complexity index is 1190. The molecule has 0 bridgehead atoms. The predicted octanol–water partition coefficient (Wildman–Crippen LogP) is 4.57. The smallest absolute Gasteiger partial charge is 0.262 e. The summed E-state index contributed by atoms with van der Waals surface area (Å²) in [6.45, 7) is 6.74. The van der Waals surface area contributed by atoms with Crippen molar-refractivity contribution in [3.63, 3.8) is 0 Å². The summed E-state index contributed by atoms with van der Waals surface area (Å²) in [5.74, 6) is 0.798. The molecule has 1 amide bonds. The van der Waals surface area contributed by atoms with Crippen molar-refractivity contribution in [3.05, 3.63) is 58.9 Å². The van der Waals surface area contributed by atoms with Gasteiger partial charge in [0.05, 0.1) is 29.3 Å². The number of piperidine rings is 1. The van der Waals surface area contributed by atoms with Gasteiger partial charge in [-0.3, -0.25) is 14.2 Å². The van der Waals surface area contributed by atoms with Crippen LogP contribution in [0.3, 0.4) is 0 Å². The number of rotatable bonds is 8. The number of hydrogen-bond acceptors (Lipinski definition) is 6. The Hall–Kier alpha value is -2.84. The lowest BCUT2D eigenvalue weighted by molar-refractivity contribution is -0.113. The number of fused-ring (bicyclic) bond motifs is 1. The molecule has 8 heteroatoms. The van der Waals surface area contributed by atoms with Gasteiger partial charge in [0.2, 0.25) is 5.91 Å². The molecule has 1 saturated heterocycles. The molecule has 1 N–H and O–H groups in total. The van der Waals surface area contributed by atoms with Crippen LogP contribution in [-0.4, -0.2) is 48.0 Å². The minimum absolute atomic E-state index is 0.124. The molecule has 0 radical (unpaired) electrons. The highest BCUT2D eigenvalue weighted by Crippen LogP contribution is 2.25. The molecule has 1 fully saturated rings. The van der Waals surface area contributed by atoms with E-state index >= 15 is 0 Å². The van der Waals surface area contributed by atoms with Gasteiger partial charge < -0.3 is 15.0 Å². The summed E-state index contributed by atoms with van der Waals surface area (Å²) in [4.78, 5) is 32.9. The molecule has 1 aliphatic rings. The number of benzene rings is 2. The van der Waals surface area contributed by atoms with Crippen molar-refractivity contribution in [1.29, 1.82) is 0 Å². The molecule has 3 aromatic rings. The predicted molar refractivity (Wildman–Crippen MR) is 139 cm³/mol. The van der Waals surface area contributed by atoms with E-state index in [0.29, 0.717) is 22.7 Å². The number of thioether (sulfide) groups is 1. The Morgan fingerprint density at radius 3 is 2.59 bits per heavy atom. The lowest BCUT2D eigenvalue weighted by Gasteiger charge is -2.32. The Morgan fingerprint density at radius 1 is 1.18 bits per heavy atom. The number of carbonyl (C=O) groups excluding carboxylic acids is 1. The van der Waals surface area contributed by atoms with Crippen LogP contribution in [0.15, 0.2) is 58.5 Å². The lowest BCUT2D eigenvalue weighted by Crippen LogP contribution is -2.32. The van der Waals surface area contributed by atoms with E-state index < -0.39 is 0 Å². The summed E-state index contributed by atoms with van der Waals surface area (Å²) in [5, 5.41) is 4.03. The highest BCUT2D eigenvalue weighted by molar-refractivity contribution is 7.99. The number of aromatic nitrogens is 2. The number of ether oxygens (including phenoxy) is 1. The van der Waals surface area contributed by atoms with Crippen molar-refractivity contribution in [2.75, 3.05) is 42.8 Å². The van der Waals surface area contributed by atoms with Crippen LogP contribution in [0, 0.1) is 5.92 Å². The van der Waals surface area contributed by atoms with Crippen molar-refractivity contribution < 1.29 is 9.53 Å². The zero-order chi connectivity index (χ0) is 24.1. The van der Waals surface area contributed by atoms with E-state index in [1.54, 1.807) is 17.7 Å². The van der Waals surface area contributed by atoms with Crippen LogP contribution in [0.5, 0.6) is 0 Å². The molecular weight excluding hydrogens is 448 g/mol.